The first-order valence-corrected chi connectivity index (χ1v) is 7.54. The molecule has 1 amide bonds. The molecule has 0 saturated heterocycles. The minimum Gasteiger partial charge on any atom is -0.454 e. The number of nitrogens with one attached hydrogen (secondary N) is 1. The predicted molar refractivity (Wildman–Crippen MR) is 78.4 cm³/mol. The van der Waals surface area contributed by atoms with Crippen molar-refractivity contribution in [1.29, 1.82) is 0 Å². The number of nitrogen functional groups attached to an aromatic ring is 1. The van der Waals surface area contributed by atoms with Gasteiger partial charge in [0.05, 0.1) is 16.2 Å². The molecule has 104 valence electrons. The van der Waals surface area contributed by atoms with Crippen LogP contribution in [0.5, 0.6) is 11.5 Å². The Kier molecular flexibility index (Phi) is 3.66. The van der Waals surface area contributed by atoms with Crippen LogP contribution in [0.15, 0.2) is 28.6 Å². The van der Waals surface area contributed by atoms with Crippen LogP contribution in [0.4, 0.5) is 10.8 Å². The summed E-state index contributed by atoms with van der Waals surface area (Å²) < 4.78 is 11.4. The summed E-state index contributed by atoms with van der Waals surface area (Å²) in [6.07, 6.45) is 1.67. The van der Waals surface area contributed by atoms with Gasteiger partial charge in [0.15, 0.2) is 16.6 Å². The maximum atomic E-state index is 11.8. The summed E-state index contributed by atoms with van der Waals surface area (Å²) in [7, 11) is 0. The van der Waals surface area contributed by atoms with Gasteiger partial charge in [-0.05, 0) is 12.1 Å². The summed E-state index contributed by atoms with van der Waals surface area (Å²) in [5, 5.41) is 3.31. The van der Waals surface area contributed by atoms with Gasteiger partial charge in [0.2, 0.25) is 12.7 Å². The Morgan fingerprint density at radius 1 is 1.45 bits per heavy atom. The number of hydrogen-bond donors (Lipinski definition) is 2. The van der Waals surface area contributed by atoms with Crippen molar-refractivity contribution in [3.63, 3.8) is 0 Å². The van der Waals surface area contributed by atoms with E-state index in [0.29, 0.717) is 28.1 Å². The Balaban J connectivity index is 1.56. The van der Waals surface area contributed by atoms with Gasteiger partial charge in [0.1, 0.15) is 0 Å². The zero-order valence-corrected chi connectivity index (χ0v) is 11.9. The van der Waals surface area contributed by atoms with Crippen LogP contribution in [-0.4, -0.2) is 23.4 Å². The third-order valence-electron chi connectivity index (χ3n) is 2.50. The summed E-state index contributed by atoms with van der Waals surface area (Å²) in [5.74, 6) is 1.54. The van der Waals surface area contributed by atoms with Gasteiger partial charge in [-0.25, -0.2) is 4.98 Å². The number of rotatable bonds is 4. The molecule has 2 heterocycles. The molecular weight excluding hydrogens is 298 g/mol. The summed E-state index contributed by atoms with van der Waals surface area (Å²) in [4.78, 5) is 15.8. The molecule has 2 aromatic rings. The number of nitrogens with two attached hydrogens (primary N) is 1. The minimum atomic E-state index is -0.0964. The number of thiazole rings is 1. The SMILES string of the molecule is Nc1ncc(SCC(=O)Nc2ccc3c(c2)OCO3)s1. The zero-order chi connectivity index (χ0) is 13.9. The number of nitrogens with zero attached hydrogens (tertiary/aromatic N) is 1. The number of carbonyl (C=O) groups is 1. The molecule has 0 fully saturated rings. The van der Waals surface area contributed by atoms with E-state index in [2.05, 4.69) is 10.3 Å². The number of hydrogen-bond acceptors (Lipinski definition) is 7. The van der Waals surface area contributed by atoms with Crippen LogP contribution in [0.3, 0.4) is 0 Å². The van der Waals surface area contributed by atoms with Crippen molar-refractivity contribution in [3.8, 4) is 11.5 Å². The van der Waals surface area contributed by atoms with Gasteiger partial charge < -0.3 is 20.5 Å². The summed E-state index contributed by atoms with van der Waals surface area (Å²) >= 11 is 2.77. The molecule has 20 heavy (non-hydrogen) atoms. The average molecular weight is 309 g/mol. The summed E-state index contributed by atoms with van der Waals surface area (Å²) in [6.45, 7) is 0.218. The molecule has 6 nitrogen and oxygen atoms in total. The van der Waals surface area contributed by atoms with E-state index in [0.717, 1.165) is 4.21 Å². The number of carbonyl (C=O) groups excluding carboxylic acids is 1. The molecule has 1 aromatic heterocycles. The highest BCUT2D eigenvalue weighted by Crippen LogP contribution is 2.34. The van der Waals surface area contributed by atoms with E-state index in [4.69, 9.17) is 15.2 Å². The van der Waals surface area contributed by atoms with Crippen LogP contribution >= 0.6 is 23.1 Å². The van der Waals surface area contributed by atoms with Gasteiger partial charge >= 0.3 is 0 Å². The number of benzene rings is 1. The largest absolute Gasteiger partial charge is 0.454 e. The van der Waals surface area contributed by atoms with E-state index in [9.17, 15) is 4.79 Å². The van der Waals surface area contributed by atoms with Crippen LogP contribution < -0.4 is 20.5 Å². The van der Waals surface area contributed by atoms with E-state index < -0.39 is 0 Å². The third kappa shape index (κ3) is 2.97. The molecule has 3 rings (SSSR count). The van der Waals surface area contributed by atoms with E-state index >= 15 is 0 Å². The van der Waals surface area contributed by atoms with Crippen molar-refractivity contribution < 1.29 is 14.3 Å². The van der Waals surface area contributed by atoms with Crippen molar-refractivity contribution in [3.05, 3.63) is 24.4 Å². The lowest BCUT2D eigenvalue weighted by atomic mass is 10.3. The van der Waals surface area contributed by atoms with Gasteiger partial charge in [0.25, 0.3) is 0 Å². The quantitative estimate of drug-likeness (QED) is 0.842. The highest BCUT2D eigenvalue weighted by atomic mass is 32.2. The molecule has 0 unspecified atom stereocenters. The summed E-state index contributed by atoms with van der Waals surface area (Å²) in [5.41, 5.74) is 6.21. The van der Waals surface area contributed by atoms with Gasteiger partial charge in [-0.2, -0.15) is 0 Å². The molecule has 0 saturated carbocycles. The van der Waals surface area contributed by atoms with Crippen molar-refractivity contribution in [2.45, 2.75) is 4.21 Å². The lowest BCUT2D eigenvalue weighted by molar-refractivity contribution is -0.113. The number of fused-ring (bicyclic) bond motifs is 1. The van der Waals surface area contributed by atoms with E-state index in [1.807, 2.05) is 0 Å². The van der Waals surface area contributed by atoms with Crippen molar-refractivity contribution in [1.82, 2.24) is 4.98 Å². The first-order chi connectivity index (χ1) is 9.70. The van der Waals surface area contributed by atoms with E-state index in [1.165, 1.54) is 23.1 Å². The fourth-order valence-corrected chi connectivity index (χ4v) is 3.21. The van der Waals surface area contributed by atoms with Crippen LogP contribution in [0.1, 0.15) is 0 Å². The first kappa shape index (κ1) is 13.1. The second-order valence-corrected chi connectivity index (χ2v) is 6.26. The highest BCUT2D eigenvalue weighted by molar-refractivity contribution is 8.01. The second kappa shape index (κ2) is 5.59. The van der Waals surface area contributed by atoms with Gasteiger partial charge in [-0.1, -0.05) is 11.3 Å². The Morgan fingerprint density at radius 3 is 3.10 bits per heavy atom. The lowest BCUT2D eigenvalue weighted by Crippen LogP contribution is -2.13. The lowest BCUT2D eigenvalue weighted by Gasteiger charge is -2.05. The zero-order valence-electron chi connectivity index (χ0n) is 10.3. The molecule has 3 N–H and O–H groups in total. The predicted octanol–water partition coefficient (Wildman–Crippen LogP) is 2.18. The fraction of sp³-hybridized carbons (Fsp3) is 0.167. The highest BCUT2D eigenvalue weighted by Gasteiger charge is 2.14. The van der Waals surface area contributed by atoms with Crippen LogP contribution in [0, 0.1) is 0 Å². The maximum absolute atomic E-state index is 11.8. The van der Waals surface area contributed by atoms with Crippen LogP contribution in [-0.2, 0) is 4.79 Å². The van der Waals surface area contributed by atoms with Crippen molar-refractivity contribution >= 4 is 39.8 Å². The Labute approximate surface area is 123 Å². The molecule has 0 spiro atoms. The Morgan fingerprint density at radius 2 is 2.30 bits per heavy atom. The van der Waals surface area contributed by atoms with Crippen molar-refractivity contribution in [2.75, 3.05) is 23.6 Å². The van der Waals surface area contributed by atoms with E-state index in [1.54, 1.807) is 24.4 Å². The van der Waals surface area contributed by atoms with Crippen molar-refractivity contribution in [2.24, 2.45) is 0 Å². The minimum absolute atomic E-state index is 0.0964. The third-order valence-corrected chi connectivity index (χ3v) is 4.53. The Hall–Kier alpha value is -1.93. The number of ether oxygens (including phenoxy) is 2. The molecule has 0 atom stereocenters. The molecule has 0 aliphatic carbocycles. The number of aromatic nitrogens is 1. The van der Waals surface area contributed by atoms with Crippen LogP contribution in [0.2, 0.25) is 0 Å². The molecule has 1 aliphatic rings. The molecule has 1 aliphatic heterocycles. The maximum Gasteiger partial charge on any atom is 0.234 e. The smallest absolute Gasteiger partial charge is 0.234 e. The standard InChI is InChI=1S/C12H11N3O3S2/c13-12-14-4-11(20-12)19-5-10(16)15-7-1-2-8-9(3-7)18-6-17-8/h1-4H,5-6H2,(H2,13,14)(H,15,16). The topological polar surface area (TPSA) is 86.5 Å². The monoisotopic (exact) mass is 309 g/mol. The van der Waals surface area contributed by atoms with Gasteiger partial charge in [-0.15, -0.1) is 11.8 Å². The molecular formula is C12H11N3O3S2. The fourth-order valence-electron chi connectivity index (χ4n) is 1.65. The molecule has 0 radical (unpaired) electrons. The molecule has 8 heteroatoms. The normalized spacial score (nSPS) is 12.4. The second-order valence-electron chi connectivity index (χ2n) is 3.92. The van der Waals surface area contributed by atoms with E-state index in [-0.39, 0.29) is 12.7 Å². The first-order valence-electron chi connectivity index (χ1n) is 5.74. The van der Waals surface area contributed by atoms with Gasteiger partial charge in [-0.3, -0.25) is 4.79 Å². The average Bonchev–Trinajstić information content (AvgIpc) is 3.04. The molecule has 1 aromatic carbocycles. The van der Waals surface area contributed by atoms with Gasteiger partial charge in [0, 0.05) is 11.8 Å². The Bertz CT molecular complexity index is 645. The number of anilines is 2. The van der Waals surface area contributed by atoms with Crippen LogP contribution in [0.25, 0.3) is 0 Å². The number of amides is 1. The molecule has 0 bridgehead atoms. The summed E-state index contributed by atoms with van der Waals surface area (Å²) in [6, 6.07) is 5.30. The number of thioether (sulfide) groups is 1.